The summed E-state index contributed by atoms with van der Waals surface area (Å²) in [6.45, 7) is 7.95. The Hall–Kier alpha value is 0.270. The molecule has 1 atom stereocenters. The fourth-order valence-electron chi connectivity index (χ4n) is 1.45. The van der Waals surface area contributed by atoms with E-state index in [9.17, 15) is 0 Å². The van der Waals surface area contributed by atoms with Gasteiger partial charge in [0, 0.05) is 18.1 Å². The molecule has 1 rings (SSSR count). The standard InChI is InChI=1S/C8H18N2S/c1-3-10(4-2)8-7-11-6-5-9-8/h8-9H,3-7H2,1-2H3. The smallest absolute Gasteiger partial charge is 0.0690 e. The largest absolute Gasteiger partial charge is 0.300 e. The Bertz CT molecular complexity index is 98.3. The van der Waals surface area contributed by atoms with Crippen molar-refractivity contribution in [2.24, 2.45) is 0 Å². The molecule has 1 aliphatic rings. The van der Waals surface area contributed by atoms with Crippen LogP contribution in [0.25, 0.3) is 0 Å². The zero-order valence-electron chi connectivity index (χ0n) is 7.47. The summed E-state index contributed by atoms with van der Waals surface area (Å²) in [5.74, 6) is 2.53. The molecule has 2 nitrogen and oxygen atoms in total. The van der Waals surface area contributed by atoms with Crippen LogP contribution in [0.5, 0.6) is 0 Å². The second kappa shape index (κ2) is 5.01. The molecule has 1 N–H and O–H groups in total. The van der Waals surface area contributed by atoms with Gasteiger partial charge in [-0.15, -0.1) is 0 Å². The van der Waals surface area contributed by atoms with Crippen LogP contribution in [0.3, 0.4) is 0 Å². The summed E-state index contributed by atoms with van der Waals surface area (Å²) >= 11 is 2.06. The van der Waals surface area contributed by atoms with Crippen molar-refractivity contribution in [2.75, 3.05) is 31.1 Å². The van der Waals surface area contributed by atoms with Gasteiger partial charge in [0.15, 0.2) is 0 Å². The highest BCUT2D eigenvalue weighted by Gasteiger charge is 2.17. The summed E-state index contributed by atoms with van der Waals surface area (Å²) in [5, 5.41) is 3.53. The SMILES string of the molecule is CCN(CC)C1CSCCN1. The summed E-state index contributed by atoms with van der Waals surface area (Å²) in [7, 11) is 0. The molecule has 1 aliphatic heterocycles. The van der Waals surface area contributed by atoms with Gasteiger partial charge in [0.25, 0.3) is 0 Å². The third kappa shape index (κ3) is 2.65. The van der Waals surface area contributed by atoms with Gasteiger partial charge >= 0.3 is 0 Å². The van der Waals surface area contributed by atoms with Crippen LogP contribution < -0.4 is 5.32 Å². The van der Waals surface area contributed by atoms with Gasteiger partial charge < -0.3 is 5.32 Å². The number of nitrogens with zero attached hydrogens (tertiary/aromatic N) is 1. The molecule has 0 aliphatic carbocycles. The maximum atomic E-state index is 3.53. The van der Waals surface area contributed by atoms with Crippen molar-refractivity contribution in [2.45, 2.75) is 20.0 Å². The zero-order chi connectivity index (χ0) is 8.10. The molecule has 0 saturated carbocycles. The Morgan fingerprint density at radius 2 is 2.18 bits per heavy atom. The van der Waals surface area contributed by atoms with E-state index in [4.69, 9.17) is 0 Å². The quantitative estimate of drug-likeness (QED) is 0.687. The summed E-state index contributed by atoms with van der Waals surface area (Å²) in [4.78, 5) is 2.48. The average Bonchev–Trinajstić information content (AvgIpc) is 2.09. The van der Waals surface area contributed by atoms with E-state index in [1.54, 1.807) is 0 Å². The highest BCUT2D eigenvalue weighted by Crippen LogP contribution is 2.10. The molecule has 0 aromatic rings. The van der Waals surface area contributed by atoms with Gasteiger partial charge in [0.2, 0.25) is 0 Å². The van der Waals surface area contributed by atoms with Crippen LogP contribution in [0.1, 0.15) is 13.8 Å². The number of hydrogen-bond acceptors (Lipinski definition) is 3. The van der Waals surface area contributed by atoms with E-state index < -0.39 is 0 Å². The molecular formula is C8H18N2S. The molecule has 1 unspecified atom stereocenters. The Morgan fingerprint density at radius 3 is 2.64 bits per heavy atom. The van der Waals surface area contributed by atoms with Gasteiger partial charge in [-0.1, -0.05) is 13.8 Å². The molecule has 1 saturated heterocycles. The van der Waals surface area contributed by atoms with Gasteiger partial charge in [-0.3, -0.25) is 4.90 Å². The fraction of sp³-hybridized carbons (Fsp3) is 1.00. The first kappa shape index (κ1) is 9.36. The lowest BCUT2D eigenvalue weighted by Gasteiger charge is -2.33. The lowest BCUT2D eigenvalue weighted by Crippen LogP contribution is -2.50. The molecule has 0 radical (unpaired) electrons. The van der Waals surface area contributed by atoms with E-state index >= 15 is 0 Å². The minimum Gasteiger partial charge on any atom is -0.300 e. The molecule has 3 heteroatoms. The third-order valence-corrected chi connectivity index (χ3v) is 3.20. The van der Waals surface area contributed by atoms with E-state index in [0.29, 0.717) is 6.17 Å². The summed E-state index contributed by atoms with van der Waals surface area (Å²) in [5.41, 5.74) is 0. The Labute approximate surface area is 73.7 Å². The van der Waals surface area contributed by atoms with Crippen LogP contribution in [0.4, 0.5) is 0 Å². The van der Waals surface area contributed by atoms with E-state index in [1.807, 2.05) is 0 Å². The van der Waals surface area contributed by atoms with E-state index in [2.05, 4.69) is 35.8 Å². The molecule has 0 aromatic carbocycles. The van der Waals surface area contributed by atoms with Gasteiger partial charge in [0.05, 0.1) is 6.17 Å². The first-order valence-corrected chi connectivity index (χ1v) is 5.59. The highest BCUT2D eigenvalue weighted by molar-refractivity contribution is 7.99. The lowest BCUT2D eigenvalue weighted by atomic mass is 10.4. The van der Waals surface area contributed by atoms with Crippen LogP contribution in [0.2, 0.25) is 0 Å². The third-order valence-electron chi connectivity index (χ3n) is 2.16. The van der Waals surface area contributed by atoms with Crippen molar-refractivity contribution in [3.05, 3.63) is 0 Å². The summed E-state index contributed by atoms with van der Waals surface area (Å²) in [6.07, 6.45) is 0.628. The number of nitrogens with one attached hydrogen (secondary N) is 1. The minimum absolute atomic E-state index is 0.628. The predicted molar refractivity (Wildman–Crippen MR) is 52.0 cm³/mol. The number of thioether (sulfide) groups is 1. The molecule has 0 amide bonds. The van der Waals surface area contributed by atoms with Crippen LogP contribution >= 0.6 is 11.8 Å². The van der Waals surface area contributed by atoms with E-state index in [0.717, 1.165) is 13.1 Å². The Morgan fingerprint density at radius 1 is 1.45 bits per heavy atom. The Kier molecular flexibility index (Phi) is 4.26. The van der Waals surface area contributed by atoms with Gasteiger partial charge in [0.1, 0.15) is 0 Å². The molecule has 0 spiro atoms. The molecule has 66 valence electrons. The van der Waals surface area contributed by atoms with Crippen molar-refractivity contribution >= 4 is 11.8 Å². The van der Waals surface area contributed by atoms with Crippen molar-refractivity contribution < 1.29 is 0 Å². The average molecular weight is 174 g/mol. The molecule has 0 bridgehead atoms. The molecule has 1 fully saturated rings. The second-order valence-corrected chi connectivity index (χ2v) is 3.92. The van der Waals surface area contributed by atoms with E-state index in [-0.39, 0.29) is 0 Å². The zero-order valence-corrected chi connectivity index (χ0v) is 8.28. The first-order valence-electron chi connectivity index (χ1n) is 4.43. The molecular weight excluding hydrogens is 156 g/mol. The van der Waals surface area contributed by atoms with Crippen LogP contribution in [0, 0.1) is 0 Å². The summed E-state index contributed by atoms with van der Waals surface area (Å²) < 4.78 is 0. The van der Waals surface area contributed by atoms with Crippen molar-refractivity contribution in [3.63, 3.8) is 0 Å². The minimum atomic E-state index is 0.628. The highest BCUT2D eigenvalue weighted by atomic mass is 32.2. The van der Waals surface area contributed by atoms with E-state index in [1.165, 1.54) is 18.1 Å². The van der Waals surface area contributed by atoms with Gasteiger partial charge in [-0.25, -0.2) is 0 Å². The van der Waals surface area contributed by atoms with Gasteiger partial charge in [-0.2, -0.15) is 11.8 Å². The van der Waals surface area contributed by atoms with Crippen LogP contribution in [-0.4, -0.2) is 42.2 Å². The maximum Gasteiger partial charge on any atom is 0.0690 e. The summed E-state index contributed by atoms with van der Waals surface area (Å²) in [6, 6.07) is 0. The first-order chi connectivity index (χ1) is 5.38. The lowest BCUT2D eigenvalue weighted by molar-refractivity contribution is 0.201. The van der Waals surface area contributed by atoms with Crippen molar-refractivity contribution in [3.8, 4) is 0 Å². The molecule has 0 aromatic heterocycles. The topological polar surface area (TPSA) is 15.3 Å². The second-order valence-electron chi connectivity index (χ2n) is 2.77. The predicted octanol–water partition coefficient (Wildman–Crippen LogP) is 0.991. The normalized spacial score (nSPS) is 25.9. The van der Waals surface area contributed by atoms with Crippen molar-refractivity contribution in [1.82, 2.24) is 10.2 Å². The Balaban J connectivity index is 2.30. The fourth-order valence-corrected chi connectivity index (χ4v) is 2.43. The molecule has 11 heavy (non-hydrogen) atoms. The monoisotopic (exact) mass is 174 g/mol. The maximum absolute atomic E-state index is 3.53. The van der Waals surface area contributed by atoms with Crippen molar-refractivity contribution in [1.29, 1.82) is 0 Å². The van der Waals surface area contributed by atoms with Crippen LogP contribution in [0.15, 0.2) is 0 Å². The van der Waals surface area contributed by atoms with Gasteiger partial charge in [-0.05, 0) is 13.1 Å². The number of rotatable bonds is 3. The van der Waals surface area contributed by atoms with Crippen LogP contribution in [-0.2, 0) is 0 Å². The molecule has 1 heterocycles. The number of hydrogen-bond donors (Lipinski definition) is 1.